The number of nitrogens with one attached hydrogen (secondary N) is 1. The molecule has 0 saturated carbocycles. The fourth-order valence-electron chi connectivity index (χ4n) is 3.76. The molecule has 37 heavy (non-hydrogen) atoms. The summed E-state index contributed by atoms with van der Waals surface area (Å²) in [5.74, 6) is -0.288. The quantitative estimate of drug-likeness (QED) is 0.0576. The van der Waals surface area contributed by atoms with Gasteiger partial charge in [0.2, 0.25) is 0 Å². The Morgan fingerprint density at radius 3 is 2.11 bits per heavy atom. The number of carbonyl (C=O) groups excluding carboxylic acids is 1. The van der Waals surface area contributed by atoms with Crippen molar-refractivity contribution in [3.8, 4) is 0 Å². The van der Waals surface area contributed by atoms with Gasteiger partial charge in [0, 0.05) is 37.0 Å². The van der Waals surface area contributed by atoms with Crippen LogP contribution in [0.5, 0.6) is 0 Å². The summed E-state index contributed by atoms with van der Waals surface area (Å²) in [6.45, 7) is 6.77. The van der Waals surface area contributed by atoms with E-state index in [0.29, 0.717) is 17.9 Å². The van der Waals surface area contributed by atoms with Crippen molar-refractivity contribution >= 4 is 29.2 Å². The van der Waals surface area contributed by atoms with E-state index in [-0.39, 0.29) is 11.7 Å². The average Bonchev–Trinajstić information content (AvgIpc) is 2.89. The molecule has 8 nitrogen and oxygen atoms in total. The van der Waals surface area contributed by atoms with Crippen molar-refractivity contribution < 1.29 is 14.5 Å². The van der Waals surface area contributed by atoms with Gasteiger partial charge in [0.15, 0.2) is 0 Å². The summed E-state index contributed by atoms with van der Waals surface area (Å²) in [5.41, 5.74) is 6.24. The Labute approximate surface area is 220 Å². The fourth-order valence-corrected chi connectivity index (χ4v) is 3.76. The van der Waals surface area contributed by atoms with Gasteiger partial charge in [0.1, 0.15) is 0 Å². The Morgan fingerprint density at radius 2 is 1.54 bits per heavy atom. The first-order valence-electron chi connectivity index (χ1n) is 13.0. The Balaban J connectivity index is 1.52. The summed E-state index contributed by atoms with van der Waals surface area (Å²) in [5, 5.41) is 14.9. The minimum Gasteiger partial charge on any atom is -0.462 e. The first kappa shape index (κ1) is 29.5. The van der Waals surface area contributed by atoms with Crippen molar-refractivity contribution in [1.82, 2.24) is 0 Å². The number of rotatable bonds is 18. The number of hydrazone groups is 1. The fraction of sp³-hybridized carbons (Fsp3) is 0.448. The predicted molar refractivity (Wildman–Crippen MR) is 151 cm³/mol. The van der Waals surface area contributed by atoms with Crippen LogP contribution in [0.15, 0.2) is 65.8 Å². The van der Waals surface area contributed by atoms with Gasteiger partial charge in [-0.2, -0.15) is 5.10 Å². The molecule has 0 spiro atoms. The van der Waals surface area contributed by atoms with Crippen LogP contribution >= 0.6 is 0 Å². The largest absolute Gasteiger partial charge is 0.462 e. The summed E-state index contributed by atoms with van der Waals surface area (Å²) in [6.07, 6.45) is 12.4. The van der Waals surface area contributed by atoms with Gasteiger partial charge in [0.25, 0.3) is 5.69 Å². The third-order valence-electron chi connectivity index (χ3n) is 6.04. The summed E-state index contributed by atoms with van der Waals surface area (Å²) in [6, 6.07) is 14.4. The Kier molecular flexibility index (Phi) is 13.5. The number of benzene rings is 2. The molecule has 0 aliphatic heterocycles. The monoisotopic (exact) mass is 508 g/mol. The molecule has 0 atom stereocenters. The second-order valence-electron chi connectivity index (χ2n) is 9.29. The van der Waals surface area contributed by atoms with E-state index in [1.54, 1.807) is 25.3 Å². The van der Waals surface area contributed by atoms with Crippen LogP contribution in [-0.2, 0) is 9.53 Å². The van der Waals surface area contributed by atoms with Crippen molar-refractivity contribution in [2.75, 3.05) is 30.5 Å². The van der Waals surface area contributed by atoms with Gasteiger partial charge < -0.3 is 9.64 Å². The standard InChI is InChI=1S/C29H40N4O4/c1-24(2)29(34)37-22-12-10-8-6-4-5-7-9-11-21-32(3)27-17-13-25(14-18-27)23-30-31-26-15-19-28(20-16-26)33(35)36/h13-20,23,31H,1,4-12,21-22H2,2-3H3. The molecule has 2 rings (SSSR count). The lowest BCUT2D eigenvalue weighted by Crippen LogP contribution is -2.18. The number of non-ortho nitro benzene ring substituents is 1. The molecule has 0 aromatic heterocycles. The van der Waals surface area contributed by atoms with Gasteiger partial charge in [-0.05, 0) is 49.6 Å². The van der Waals surface area contributed by atoms with Crippen molar-refractivity contribution in [3.63, 3.8) is 0 Å². The lowest BCUT2D eigenvalue weighted by atomic mass is 10.1. The molecule has 0 bridgehead atoms. The first-order valence-corrected chi connectivity index (χ1v) is 13.0. The van der Waals surface area contributed by atoms with E-state index in [2.05, 4.69) is 41.2 Å². The van der Waals surface area contributed by atoms with Crippen molar-refractivity contribution in [3.05, 3.63) is 76.4 Å². The number of nitro benzene ring substituents is 1. The van der Waals surface area contributed by atoms with E-state index in [9.17, 15) is 14.9 Å². The number of nitrogens with zero attached hydrogens (tertiary/aromatic N) is 3. The molecule has 0 unspecified atom stereocenters. The number of ether oxygens (including phenoxy) is 1. The van der Waals surface area contributed by atoms with Gasteiger partial charge in [-0.3, -0.25) is 15.5 Å². The molecule has 0 radical (unpaired) electrons. The number of nitro groups is 1. The highest BCUT2D eigenvalue weighted by Crippen LogP contribution is 2.17. The van der Waals surface area contributed by atoms with Crippen LogP contribution in [0.3, 0.4) is 0 Å². The van der Waals surface area contributed by atoms with Gasteiger partial charge in [-0.1, -0.05) is 63.7 Å². The van der Waals surface area contributed by atoms with E-state index in [1.807, 2.05) is 12.1 Å². The van der Waals surface area contributed by atoms with E-state index in [1.165, 1.54) is 62.8 Å². The molecular formula is C29H40N4O4. The smallest absolute Gasteiger partial charge is 0.333 e. The van der Waals surface area contributed by atoms with Crippen LogP contribution in [0.1, 0.15) is 70.3 Å². The molecular weight excluding hydrogens is 468 g/mol. The molecule has 2 aromatic rings. The average molecular weight is 509 g/mol. The molecule has 0 aliphatic rings. The van der Waals surface area contributed by atoms with Gasteiger partial charge in [-0.25, -0.2) is 4.79 Å². The second kappa shape index (κ2) is 16.9. The SMILES string of the molecule is C=C(C)C(=O)OCCCCCCCCCCCN(C)c1ccc(C=NNc2ccc([N+](=O)[O-])cc2)cc1. The maximum atomic E-state index is 11.3. The molecule has 0 fully saturated rings. The molecule has 0 heterocycles. The lowest BCUT2D eigenvalue weighted by molar-refractivity contribution is -0.384. The normalized spacial score (nSPS) is 10.9. The molecule has 1 N–H and O–H groups in total. The van der Waals surface area contributed by atoms with Crippen LogP contribution in [0, 0.1) is 10.1 Å². The lowest BCUT2D eigenvalue weighted by Gasteiger charge is -2.19. The van der Waals surface area contributed by atoms with Crippen LogP contribution in [0.2, 0.25) is 0 Å². The van der Waals surface area contributed by atoms with Crippen molar-refractivity contribution in [2.24, 2.45) is 5.10 Å². The highest BCUT2D eigenvalue weighted by Gasteiger charge is 2.04. The third-order valence-corrected chi connectivity index (χ3v) is 6.04. The second-order valence-corrected chi connectivity index (χ2v) is 9.29. The zero-order valence-electron chi connectivity index (χ0n) is 22.2. The minimum atomic E-state index is -0.424. The summed E-state index contributed by atoms with van der Waals surface area (Å²) in [4.78, 5) is 23.9. The summed E-state index contributed by atoms with van der Waals surface area (Å²) in [7, 11) is 2.12. The van der Waals surface area contributed by atoms with Gasteiger partial charge >= 0.3 is 5.97 Å². The third kappa shape index (κ3) is 12.2. The molecule has 0 amide bonds. The van der Waals surface area contributed by atoms with Gasteiger partial charge in [-0.15, -0.1) is 0 Å². The van der Waals surface area contributed by atoms with E-state index in [0.717, 1.165) is 24.9 Å². The Bertz CT molecular complexity index is 1000. The summed E-state index contributed by atoms with van der Waals surface area (Å²) >= 11 is 0. The number of hydrogen-bond acceptors (Lipinski definition) is 7. The minimum absolute atomic E-state index is 0.0539. The van der Waals surface area contributed by atoms with Crippen LogP contribution in [-0.4, -0.2) is 37.3 Å². The van der Waals surface area contributed by atoms with E-state index >= 15 is 0 Å². The molecule has 0 saturated heterocycles. The maximum Gasteiger partial charge on any atom is 0.333 e. The first-order chi connectivity index (χ1) is 17.9. The van der Waals surface area contributed by atoms with Gasteiger partial charge in [0.05, 0.1) is 23.4 Å². The summed E-state index contributed by atoms with van der Waals surface area (Å²) < 4.78 is 5.11. The number of carbonyl (C=O) groups is 1. The zero-order valence-corrected chi connectivity index (χ0v) is 22.2. The predicted octanol–water partition coefficient (Wildman–Crippen LogP) is 7.11. The van der Waals surface area contributed by atoms with E-state index in [4.69, 9.17) is 4.74 Å². The van der Waals surface area contributed by atoms with Crippen molar-refractivity contribution in [1.29, 1.82) is 0 Å². The van der Waals surface area contributed by atoms with Crippen LogP contribution in [0.25, 0.3) is 0 Å². The molecule has 200 valence electrons. The van der Waals surface area contributed by atoms with Crippen molar-refractivity contribution in [2.45, 2.75) is 64.7 Å². The molecule has 2 aromatic carbocycles. The molecule has 8 heteroatoms. The number of anilines is 2. The van der Waals surface area contributed by atoms with E-state index < -0.39 is 4.92 Å². The molecule has 0 aliphatic carbocycles. The Morgan fingerprint density at radius 1 is 0.973 bits per heavy atom. The maximum absolute atomic E-state index is 11.3. The highest BCUT2D eigenvalue weighted by molar-refractivity contribution is 5.86. The zero-order chi connectivity index (χ0) is 26.9. The number of hydrogen-bond donors (Lipinski definition) is 1. The Hall–Kier alpha value is -3.68. The number of esters is 1. The van der Waals surface area contributed by atoms with Crippen LogP contribution in [0.4, 0.5) is 17.1 Å². The van der Waals surface area contributed by atoms with Crippen LogP contribution < -0.4 is 10.3 Å². The number of unbranched alkanes of at least 4 members (excludes halogenated alkanes) is 8. The topological polar surface area (TPSA) is 97.1 Å². The highest BCUT2D eigenvalue weighted by atomic mass is 16.6.